The summed E-state index contributed by atoms with van der Waals surface area (Å²) in [6.07, 6.45) is 5.30. The molecule has 0 atom stereocenters. The summed E-state index contributed by atoms with van der Waals surface area (Å²) >= 11 is 0. The van der Waals surface area contributed by atoms with Gasteiger partial charge in [0, 0.05) is 16.5 Å². The zero-order chi connectivity index (χ0) is 19.3. The summed E-state index contributed by atoms with van der Waals surface area (Å²) < 4.78 is 58.9. The van der Waals surface area contributed by atoms with Crippen LogP contribution in [0.25, 0.3) is 11.1 Å². The van der Waals surface area contributed by atoms with Crippen LogP contribution in [0, 0.1) is 0 Å². The largest absolute Gasteiger partial charge is 0.741 e. The van der Waals surface area contributed by atoms with Crippen molar-refractivity contribution in [2.45, 2.75) is 10.4 Å². The lowest BCUT2D eigenvalue weighted by atomic mass is 10.0. The molecule has 0 aromatic heterocycles. The van der Waals surface area contributed by atoms with Gasteiger partial charge in [-0.05, 0) is 35.4 Å². The Morgan fingerprint density at radius 2 is 1.28 bits per heavy atom. The Kier molecular flexibility index (Phi) is 7.21. The van der Waals surface area contributed by atoms with Crippen LogP contribution in [0.4, 0.5) is 13.2 Å². The maximum atomic E-state index is 10.7. The quantitative estimate of drug-likeness (QED) is 0.347. The van der Waals surface area contributed by atoms with E-state index in [9.17, 15) is 18.0 Å². The molecule has 2 rings (SSSR count). The number of aldehydes is 1. The molecule has 0 spiro atoms. The van der Waals surface area contributed by atoms with E-state index in [4.69, 9.17) is 13.0 Å². The van der Waals surface area contributed by atoms with Crippen molar-refractivity contribution < 1.29 is 30.9 Å². The smallest absolute Gasteiger partial charge is 0.485 e. The number of alkyl halides is 3. The zero-order valence-electron chi connectivity index (χ0n) is 13.3. The molecule has 0 aliphatic rings. The molecule has 2 aromatic rings. The van der Waals surface area contributed by atoms with E-state index in [0.717, 1.165) is 11.8 Å². The van der Waals surface area contributed by atoms with Crippen LogP contribution < -0.4 is 0 Å². The van der Waals surface area contributed by atoms with Crippen molar-refractivity contribution in [3.05, 3.63) is 54.1 Å². The minimum Gasteiger partial charge on any atom is -0.741 e. The first-order chi connectivity index (χ1) is 11.5. The van der Waals surface area contributed by atoms with Gasteiger partial charge in [-0.3, -0.25) is 4.79 Å². The molecule has 136 valence electrons. The number of benzene rings is 2. The SMILES string of the molecule is C[S+](C)c1ccc(-c2ccc(C=O)cc2)cc1.O=S(=O)([O-])C(F)(F)F. The Labute approximate surface area is 146 Å². The first-order valence-corrected chi connectivity index (χ1v) is 10.2. The van der Waals surface area contributed by atoms with Crippen LogP contribution in [0.15, 0.2) is 53.4 Å². The lowest BCUT2D eigenvalue weighted by molar-refractivity contribution is -0.0517. The summed E-state index contributed by atoms with van der Waals surface area (Å²) in [4.78, 5) is 11.9. The molecule has 2 aromatic carbocycles. The first kappa shape index (κ1) is 21.2. The molecule has 4 nitrogen and oxygen atoms in total. The number of carbonyl (C=O) groups excluding carboxylic acids is 1. The molecule has 0 saturated heterocycles. The second kappa shape index (κ2) is 8.50. The summed E-state index contributed by atoms with van der Waals surface area (Å²) in [6, 6.07) is 16.3. The van der Waals surface area contributed by atoms with Gasteiger partial charge in [-0.25, -0.2) is 8.42 Å². The van der Waals surface area contributed by atoms with Crippen LogP contribution in [0.2, 0.25) is 0 Å². The number of halogens is 3. The van der Waals surface area contributed by atoms with Crippen molar-refractivity contribution in [2.24, 2.45) is 0 Å². The lowest BCUT2D eigenvalue weighted by Crippen LogP contribution is -2.21. The highest BCUT2D eigenvalue weighted by Gasteiger charge is 2.36. The molecule has 0 aliphatic carbocycles. The highest BCUT2D eigenvalue weighted by Crippen LogP contribution is 2.22. The topological polar surface area (TPSA) is 74.3 Å². The van der Waals surface area contributed by atoms with Crippen molar-refractivity contribution in [1.29, 1.82) is 0 Å². The normalized spacial score (nSPS) is 11.6. The van der Waals surface area contributed by atoms with Crippen molar-refractivity contribution in [3.8, 4) is 11.1 Å². The molecule has 0 amide bonds. The van der Waals surface area contributed by atoms with Crippen LogP contribution in [0.3, 0.4) is 0 Å². The van der Waals surface area contributed by atoms with E-state index in [0.29, 0.717) is 16.5 Å². The molecule has 0 aliphatic heterocycles. The van der Waals surface area contributed by atoms with E-state index in [1.807, 2.05) is 24.3 Å². The standard InChI is InChI=1S/C15H15OS.CHF3O3S/c1-17(2)15-9-7-14(8-10-15)13-5-3-12(11-16)4-6-13;2-1(3,4)8(5,6)7/h3-11H,1-2H3;(H,5,6,7)/q+1;/p-1. The predicted octanol–water partition coefficient (Wildman–Crippen LogP) is 3.45. The summed E-state index contributed by atoms with van der Waals surface area (Å²) in [5, 5.41) is 0. The van der Waals surface area contributed by atoms with Crippen LogP contribution in [-0.2, 0) is 21.0 Å². The average molecular weight is 392 g/mol. The fourth-order valence-electron chi connectivity index (χ4n) is 1.67. The molecule has 0 radical (unpaired) electrons. The van der Waals surface area contributed by atoms with E-state index in [1.54, 1.807) is 0 Å². The number of hydrogen-bond acceptors (Lipinski definition) is 4. The number of rotatable bonds is 3. The maximum Gasteiger partial charge on any atom is 0.485 e. The van der Waals surface area contributed by atoms with Crippen molar-refractivity contribution in [3.63, 3.8) is 0 Å². The van der Waals surface area contributed by atoms with Gasteiger partial charge >= 0.3 is 5.51 Å². The Bertz CT molecular complexity index is 797. The highest BCUT2D eigenvalue weighted by atomic mass is 32.2. The van der Waals surface area contributed by atoms with E-state index in [1.165, 1.54) is 10.5 Å². The third-order valence-electron chi connectivity index (χ3n) is 2.99. The maximum absolute atomic E-state index is 10.7. The first-order valence-electron chi connectivity index (χ1n) is 6.71. The van der Waals surface area contributed by atoms with Gasteiger partial charge in [0.2, 0.25) is 0 Å². The summed E-state index contributed by atoms with van der Waals surface area (Å²) in [5.74, 6) is 0. The fourth-order valence-corrected chi connectivity index (χ4v) is 2.35. The van der Waals surface area contributed by atoms with Crippen LogP contribution >= 0.6 is 0 Å². The van der Waals surface area contributed by atoms with Crippen molar-refractivity contribution in [2.75, 3.05) is 12.5 Å². The third kappa shape index (κ3) is 6.52. The summed E-state index contributed by atoms with van der Waals surface area (Å²) in [6.45, 7) is 0. The lowest BCUT2D eigenvalue weighted by Gasteiger charge is -2.08. The van der Waals surface area contributed by atoms with Gasteiger partial charge in [-0.15, -0.1) is 0 Å². The van der Waals surface area contributed by atoms with Gasteiger partial charge in [0.05, 0.1) is 0 Å². The fraction of sp³-hybridized carbons (Fsp3) is 0.188. The number of carbonyl (C=O) groups is 1. The van der Waals surface area contributed by atoms with E-state index < -0.39 is 15.6 Å². The van der Waals surface area contributed by atoms with Gasteiger partial charge in [0.15, 0.2) is 15.0 Å². The minimum atomic E-state index is -6.09. The molecule has 0 saturated carbocycles. The second-order valence-electron chi connectivity index (χ2n) is 4.98. The monoisotopic (exact) mass is 392 g/mol. The summed E-state index contributed by atoms with van der Waals surface area (Å²) in [7, 11) is -5.79. The Hall–Kier alpha value is -1.84. The van der Waals surface area contributed by atoms with E-state index in [2.05, 4.69) is 36.8 Å². The predicted molar refractivity (Wildman–Crippen MR) is 90.5 cm³/mol. The van der Waals surface area contributed by atoms with Gasteiger partial charge in [-0.2, -0.15) is 13.2 Å². The molecule has 0 unspecified atom stereocenters. The van der Waals surface area contributed by atoms with E-state index in [-0.39, 0.29) is 0 Å². The Balaban J connectivity index is 0.000000333. The van der Waals surface area contributed by atoms with Crippen molar-refractivity contribution in [1.82, 2.24) is 0 Å². The zero-order valence-corrected chi connectivity index (χ0v) is 14.9. The van der Waals surface area contributed by atoms with Crippen LogP contribution in [0.1, 0.15) is 10.4 Å². The average Bonchev–Trinajstić information content (AvgIpc) is 2.54. The molecule has 0 fully saturated rings. The molecule has 25 heavy (non-hydrogen) atoms. The molecule has 0 N–H and O–H groups in total. The molecule has 0 bridgehead atoms. The Morgan fingerprint density at radius 1 is 0.920 bits per heavy atom. The molecule has 0 heterocycles. The highest BCUT2D eigenvalue weighted by molar-refractivity contribution is 7.95. The van der Waals surface area contributed by atoms with Gasteiger partial charge < -0.3 is 4.55 Å². The molecular weight excluding hydrogens is 377 g/mol. The minimum absolute atomic E-state index is 0.305. The second-order valence-corrected chi connectivity index (χ2v) is 8.46. The van der Waals surface area contributed by atoms with Crippen molar-refractivity contribution >= 4 is 27.3 Å². The molecular formula is C16H15F3O4S2. The third-order valence-corrected chi connectivity index (χ3v) is 4.77. The summed E-state index contributed by atoms with van der Waals surface area (Å²) in [5.41, 5.74) is -2.59. The van der Waals surface area contributed by atoms with Gasteiger partial charge in [-0.1, -0.05) is 24.3 Å². The van der Waals surface area contributed by atoms with Crippen LogP contribution in [0.5, 0.6) is 0 Å². The molecule has 9 heteroatoms. The van der Waals surface area contributed by atoms with Gasteiger partial charge in [0.25, 0.3) is 0 Å². The van der Waals surface area contributed by atoms with Crippen LogP contribution in [-0.4, -0.2) is 37.3 Å². The van der Waals surface area contributed by atoms with E-state index >= 15 is 0 Å². The Morgan fingerprint density at radius 3 is 1.56 bits per heavy atom. The number of hydrogen-bond donors (Lipinski definition) is 0. The van der Waals surface area contributed by atoms with Gasteiger partial charge in [0.1, 0.15) is 18.8 Å².